The molecular formula is INa5O6. The van der Waals surface area contributed by atoms with Crippen LogP contribution in [0.4, 0.5) is 0 Å². The van der Waals surface area contributed by atoms with Crippen molar-refractivity contribution < 1.29 is 187 Å². The Balaban J connectivity index is -0.0000000180. The Morgan fingerprint density at radius 1 is 0.417 bits per heavy atom. The fourth-order valence-corrected chi connectivity index (χ4v) is 0. The van der Waals surface area contributed by atoms with Gasteiger partial charge in [-0.15, -0.1) is 0 Å². The molecule has 12 heteroatoms. The van der Waals surface area contributed by atoms with Gasteiger partial charge in [0.25, 0.3) is 0 Å². The third kappa shape index (κ3) is 108. The predicted molar refractivity (Wildman–Crippen MR) is 0 cm³/mol. The van der Waals surface area contributed by atoms with Crippen molar-refractivity contribution in [3.05, 3.63) is 0 Å². The second kappa shape index (κ2) is 9.42. The molecule has 0 atom stereocenters. The standard InChI is InChI=1S/IO6.5Na/c2-1(3,4,5,6)7;;;;;/q-5;5*+1. The second-order valence-electron chi connectivity index (χ2n) is 0.945. The van der Waals surface area contributed by atoms with Gasteiger partial charge in [0.1, 0.15) is 0 Å². The van der Waals surface area contributed by atoms with Crippen LogP contribution in [0.15, 0.2) is 0 Å². The van der Waals surface area contributed by atoms with Gasteiger partial charge in [0.05, 0.1) is 0 Å². The van der Waals surface area contributed by atoms with E-state index in [1.165, 1.54) is 0 Å². The molecule has 0 N–H and O–H groups in total. The van der Waals surface area contributed by atoms with Crippen LogP contribution in [0.3, 0.4) is 0 Å². The van der Waals surface area contributed by atoms with E-state index in [4.69, 9.17) is 20.6 Å². The fourth-order valence-electron chi connectivity index (χ4n) is 0. The summed E-state index contributed by atoms with van der Waals surface area (Å²) in [5.41, 5.74) is 0. The first-order valence-corrected chi connectivity index (χ1v) is 6.21. The predicted octanol–water partition coefficient (Wildman–Crippen LogP) is -25.1. The van der Waals surface area contributed by atoms with E-state index in [2.05, 4.69) is 0 Å². The van der Waals surface area contributed by atoms with E-state index in [9.17, 15) is 0 Å². The maximum absolute atomic E-state index is 9.62. The molecule has 0 aromatic rings. The van der Waals surface area contributed by atoms with Gasteiger partial charge in [-0.05, 0) is 0 Å². The van der Waals surface area contributed by atoms with Crippen molar-refractivity contribution in [1.82, 2.24) is 0 Å². The van der Waals surface area contributed by atoms with E-state index in [1.807, 2.05) is 0 Å². The Kier molecular flexibility index (Phi) is 28.3. The molecule has 0 amide bonds. The van der Waals surface area contributed by atoms with Crippen LogP contribution < -0.4 is 187 Å². The van der Waals surface area contributed by atoms with Crippen LogP contribution in [0.2, 0.25) is 0 Å². The van der Waals surface area contributed by atoms with Crippen molar-refractivity contribution in [1.29, 1.82) is 0 Å². The van der Waals surface area contributed by atoms with E-state index in [0.29, 0.717) is 0 Å². The van der Waals surface area contributed by atoms with Crippen LogP contribution in [0.25, 0.3) is 0 Å². The first-order valence-electron chi connectivity index (χ1n) is 0.926. The molecule has 0 fully saturated rings. The van der Waals surface area contributed by atoms with Crippen LogP contribution in [0.5, 0.6) is 0 Å². The zero-order valence-electron chi connectivity index (χ0n) is 7.83. The summed E-state index contributed by atoms with van der Waals surface area (Å²) in [7, 11) is 0. The number of hydrogen-bond acceptors (Lipinski definition) is 6. The second-order valence-corrected chi connectivity index (χ2v) is 6.34. The zero-order chi connectivity index (χ0) is 6.41. The molecule has 0 unspecified atom stereocenters. The Hall–Kier alpha value is 5.49. The third-order valence-electron chi connectivity index (χ3n) is 0. The summed E-state index contributed by atoms with van der Waals surface area (Å²) in [6.07, 6.45) is 0. The molecule has 12 heavy (non-hydrogen) atoms. The van der Waals surface area contributed by atoms with Crippen molar-refractivity contribution in [2.75, 3.05) is 0 Å². The van der Waals surface area contributed by atoms with Crippen molar-refractivity contribution in [3.8, 4) is 0 Å². The van der Waals surface area contributed by atoms with E-state index in [1.54, 1.807) is 0 Å². The number of hydrogen-bond donors (Lipinski definition) is 0. The molecule has 0 rings (SSSR count). The van der Waals surface area contributed by atoms with Crippen molar-refractivity contribution >= 4 is 0 Å². The summed E-state index contributed by atoms with van der Waals surface area (Å²) in [6.45, 7) is 0. The van der Waals surface area contributed by atoms with Crippen LogP contribution in [0, 0.1) is 0 Å². The minimum atomic E-state index is -9.62. The van der Waals surface area contributed by atoms with Crippen molar-refractivity contribution in [3.63, 3.8) is 0 Å². The topological polar surface area (TPSA) is 138 Å². The van der Waals surface area contributed by atoms with E-state index in [0.717, 1.165) is 0 Å². The molecule has 0 bridgehead atoms. The van der Waals surface area contributed by atoms with Crippen LogP contribution in [0.1, 0.15) is 0 Å². The average molecular weight is 338 g/mol. The number of halogens is 1. The molecule has 0 aromatic carbocycles. The molecule has 0 saturated heterocycles. The summed E-state index contributed by atoms with van der Waals surface area (Å²) in [4.78, 5) is 0. The summed E-state index contributed by atoms with van der Waals surface area (Å²) in [5, 5.41) is 0. The summed E-state index contributed by atoms with van der Waals surface area (Å²) in [5.74, 6) is 0. The monoisotopic (exact) mass is 338 g/mol. The average Bonchev–Trinajstić information content (AvgIpc) is 0.592. The van der Waals surface area contributed by atoms with Gasteiger partial charge in [-0.1, -0.05) is 0 Å². The van der Waals surface area contributed by atoms with Crippen molar-refractivity contribution in [2.24, 2.45) is 0 Å². The first-order chi connectivity index (χ1) is 2.45. The fraction of sp³-hybridized carbons (Fsp3) is 0. The Labute approximate surface area is 181 Å². The molecule has 0 heterocycles. The van der Waals surface area contributed by atoms with Gasteiger partial charge in [-0.25, -0.2) is 0 Å². The summed E-state index contributed by atoms with van der Waals surface area (Å²) in [6, 6.07) is 0. The number of rotatable bonds is 0. The zero-order valence-corrected chi connectivity index (χ0v) is 20.0. The van der Waals surface area contributed by atoms with Gasteiger partial charge in [-0.2, -0.15) is 0 Å². The van der Waals surface area contributed by atoms with Gasteiger partial charge >= 0.3 is 187 Å². The molecule has 0 spiro atoms. The summed E-state index contributed by atoms with van der Waals surface area (Å²) < 4.78 is 52.0. The third-order valence-corrected chi connectivity index (χ3v) is 0. The van der Waals surface area contributed by atoms with Gasteiger partial charge in [0, 0.05) is 0 Å². The van der Waals surface area contributed by atoms with Gasteiger partial charge in [0.2, 0.25) is 0 Å². The van der Waals surface area contributed by atoms with Gasteiger partial charge < -0.3 is 0 Å². The Bertz CT molecular complexity index is 74.5. The normalized spacial score (nSPS) is 13.5. The van der Waals surface area contributed by atoms with Gasteiger partial charge in [0.15, 0.2) is 0 Å². The van der Waals surface area contributed by atoms with Gasteiger partial charge in [-0.3, -0.25) is 0 Å². The molecule has 48 valence electrons. The summed E-state index contributed by atoms with van der Waals surface area (Å²) >= 11 is -9.62. The van der Waals surface area contributed by atoms with E-state index >= 15 is 0 Å². The quantitative estimate of drug-likeness (QED) is 0.318. The molecule has 0 aliphatic carbocycles. The van der Waals surface area contributed by atoms with Crippen molar-refractivity contribution in [2.45, 2.75) is 0 Å². The molecule has 0 aliphatic rings. The Morgan fingerprint density at radius 2 is 0.417 bits per heavy atom. The molecule has 0 saturated carbocycles. The molecule has 0 aliphatic heterocycles. The van der Waals surface area contributed by atoms with Crippen LogP contribution in [-0.2, 0) is 0 Å². The van der Waals surface area contributed by atoms with E-state index in [-0.39, 0.29) is 148 Å². The molecule has 0 aromatic heterocycles. The SMILES string of the molecule is [Na+].[Na+].[Na+].[Na+].[Na+].[O-][I+]([O-])([O-])([O-])([O-])[O-]. The first kappa shape index (κ1) is 36.0. The molecule has 6 nitrogen and oxygen atoms in total. The molecular weight excluding hydrogens is 338 g/mol. The minimum absolute atomic E-state index is 0. The Morgan fingerprint density at radius 3 is 0.417 bits per heavy atom. The van der Waals surface area contributed by atoms with Crippen LogP contribution >= 0.6 is 0 Å². The van der Waals surface area contributed by atoms with E-state index < -0.39 is 18.2 Å². The van der Waals surface area contributed by atoms with Crippen LogP contribution in [-0.4, -0.2) is 0 Å². The molecule has 0 radical (unpaired) electrons. The maximum atomic E-state index is 8.66.